The van der Waals surface area contributed by atoms with Gasteiger partial charge in [-0.15, -0.1) is 0 Å². The second kappa shape index (κ2) is 4.66. The van der Waals surface area contributed by atoms with Gasteiger partial charge in [0.05, 0.1) is 24.2 Å². The van der Waals surface area contributed by atoms with Crippen molar-refractivity contribution in [3.05, 3.63) is 28.9 Å². The van der Waals surface area contributed by atoms with E-state index in [9.17, 15) is 13.2 Å². The lowest BCUT2D eigenvalue weighted by molar-refractivity contribution is -0.136. The van der Waals surface area contributed by atoms with E-state index in [0.717, 1.165) is 6.07 Å². The van der Waals surface area contributed by atoms with E-state index in [4.69, 9.17) is 11.6 Å². The lowest BCUT2D eigenvalue weighted by Crippen LogP contribution is -2.24. The zero-order valence-electron chi connectivity index (χ0n) is 10.2. The Morgan fingerprint density at radius 3 is 2.80 bits per heavy atom. The Kier molecular flexibility index (Phi) is 3.08. The maximum absolute atomic E-state index is 13.1. The van der Waals surface area contributed by atoms with E-state index in [1.807, 2.05) is 0 Å². The van der Waals surface area contributed by atoms with E-state index >= 15 is 0 Å². The molecule has 0 saturated heterocycles. The Morgan fingerprint density at radius 2 is 2.15 bits per heavy atom. The summed E-state index contributed by atoms with van der Waals surface area (Å²) in [4.78, 5) is 4.16. The fourth-order valence-electron chi connectivity index (χ4n) is 2.24. The van der Waals surface area contributed by atoms with Crippen LogP contribution in [0.5, 0.6) is 0 Å². The van der Waals surface area contributed by atoms with Crippen molar-refractivity contribution in [1.82, 2.24) is 15.1 Å². The monoisotopic (exact) mass is 302 g/mol. The van der Waals surface area contributed by atoms with Gasteiger partial charge in [-0.1, -0.05) is 17.7 Å². The number of para-hydroxylation sites is 1. The molecule has 0 saturated carbocycles. The summed E-state index contributed by atoms with van der Waals surface area (Å²) in [6.45, 7) is 1.46. The van der Waals surface area contributed by atoms with E-state index in [2.05, 4.69) is 15.4 Å². The molecule has 1 aliphatic heterocycles. The molecule has 2 heterocycles. The van der Waals surface area contributed by atoms with Crippen LogP contribution in [0, 0.1) is 0 Å². The van der Waals surface area contributed by atoms with E-state index in [1.165, 1.54) is 16.8 Å². The highest BCUT2D eigenvalue weighted by atomic mass is 35.5. The predicted octanol–water partition coefficient (Wildman–Crippen LogP) is 2.71. The first kappa shape index (κ1) is 13.2. The summed E-state index contributed by atoms with van der Waals surface area (Å²) in [5.41, 5.74) is -0.755. The molecule has 1 aromatic carbocycles. The maximum Gasteiger partial charge on any atom is 0.418 e. The van der Waals surface area contributed by atoms with Gasteiger partial charge in [-0.2, -0.15) is 18.3 Å². The summed E-state index contributed by atoms with van der Waals surface area (Å²) in [5, 5.41) is 7.34. The second-order valence-corrected chi connectivity index (χ2v) is 4.76. The van der Waals surface area contributed by atoms with Gasteiger partial charge in [0.2, 0.25) is 0 Å². The lowest BCUT2D eigenvalue weighted by Gasteiger charge is -2.11. The molecule has 0 radical (unpaired) electrons. The maximum atomic E-state index is 13.1. The number of halogens is 4. The van der Waals surface area contributed by atoms with Gasteiger partial charge in [0.15, 0.2) is 5.15 Å². The summed E-state index contributed by atoms with van der Waals surface area (Å²) in [5.74, 6) is 0.614. The van der Waals surface area contributed by atoms with Crippen LogP contribution in [0.4, 0.5) is 13.2 Å². The number of hydrogen-bond donors (Lipinski definition) is 1. The molecule has 1 aliphatic rings. The highest BCUT2D eigenvalue weighted by Gasteiger charge is 2.34. The van der Waals surface area contributed by atoms with Crippen molar-refractivity contribution < 1.29 is 13.2 Å². The van der Waals surface area contributed by atoms with Crippen LogP contribution in [-0.2, 0) is 12.7 Å². The number of benzene rings is 1. The fraction of sp³-hybridized carbons (Fsp3) is 0.333. The summed E-state index contributed by atoms with van der Waals surface area (Å²) < 4.78 is 40.5. The van der Waals surface area contributed by atoms with E-state index in [-0.39, 0.29) is 17.2 Å². The molecule has 0 aliphatic carbocycles. The quantitative estimate of drug-likeness (QED) is 0.927. The van der Waals surface area contributed by atoms with Crippen LogP contribution in [-0.4, -0.2) is 28.7 Å². The molecule has 0 bridgehead atoms. The number of fused-ring (bicyclic) bond motifs is 1. The van der Waals surface area contributed by atoms with E-state index in [1.54, 1.807) is 0 Å². The topological polar surface area (TPSA) is 42.2 Å². The molecule has 0 spiro atoms. The Balaban J connectivity index is 2.16. The molecule has 0 amide bonds. The fourth-order valence-corrected chi connectivity index (χ4v) is 2.48. The van der Waals surface area contributed by atoms with Gasteiger partial charge in [0.25, 0.3) is 0 Å². The number of rotatable bonds is 2. The van der Waals surface area contributed by atoms with Gasteiger partial charge in [-0.3, -0.25) is 9.67 Å². The highest BCUT2D eigenvalue weighted by Crippen LogP contribution is 2.36. The number of nitrogens with one attached hydrogen (secondary N) is 1. The molecule has 8 heteroatoms. The van der Waals surface area contributed by atoms with Crippen molar-refractivity contribution in [1.29, 1.82) is 0 Å². The number of aliphatic imine (C=N–C) groups is 1. The van der Waals surface area contributed by atoms with E-state index < -0.39 is 11.7 Å². The summed E-state index contributed by atoms with van der Waals surface area (Å²) in [7, 11) is 0. The Labute approximate surface area is 117 Å². The average molecular weight is 303 g/mol. The minimum atomic E-state index is -4.45. The molecule has 2 aromatic rings. The van der Waals surface area contributed by atoms with Crippen LogP contribution < -0.4 is 5.32 Å². The molecule has 3 rings (SSSR count). The van der Waals surface area contributed by atoms with Crippen LogP contribution in [0.3, 0.4) is 0 Å². The smallest absolute Gasteiger partial charge is 0.370 e. The molecule has 106 valence electrons. The number of aromatic nitrogens is 2. The van der Waals surface area contributed by atoms with Crippen LogP contribution in [0.2, 0.25) is 5.15 Å². The Morgan fingerprint density at radius 1 is 1.35 bits per heavy atom. The average Bonchev–Trinajstić information content (AvgIpc) is 2.98. The van der Waals surface area contributed by atoms with Crippen LogP contribution >= 0.6 is 11.6 Å². The zero-order valence-corrected chi connectivity index (χ0v) is 11.0. The molecule has 1 N–H and O–H groups in total. The first-order chi connectivity index (χ1) is 9.47. The molecule has 0 atom stereocenters. The van der Waals surface area contributed by atoms with Crippen LogP contribution in [0.25, 0.3) is 10.9 Å². The standard InChI is InChI=1S/C12H10ClF3N4/c13-11-7-2-1-3-8(12(14,15)16)10(7)20(19-11)6-9-17-4-5-18-9/h1-3H,4-6H2,(H,17,18). The van der Waals surface area contributed by atoms with Gasteiger partial charge in [0, 0.05) is 11.9 Å². The lowest BCUT2D eigenvalue weighted by atomic mass is 10.1. The van der Waals surface area contributed by atoms with Gasteiger partial charge >= 0.3 is 6.18 Å². The minimum Gasteiger partial charge on any atom is -0.370 e. The Bertz CT molecular complexity index is 690. The van der Waals surface area contributed by atoms with Crippen molar-refractivity contribution in [2.75, 3.05) is 13.1 Å². The molecule has 0 fully saturated rings. The van der Waals surface area contributed by atoms with Crippen LogP contribution in [0.15, 0.2) is 23.2 Å². The van der Waals surface area contributed by atoms with Crippen molar-refractivity contribution >= 4 is 28.3 Å². The summed E-state index contributed by atoms with van der Waals surface area (Å²) >= 11 is 5.93. The SMILES string of the molecule is FC(F)(F)c1cccc2c(Cl)nn(CC3=NCCN3)c12. The number of nitrogens with zero attached hydrogens (tertiary/aromatic N) is 3. The van der Waals surface area contributed by atoms with Crippen molar-refractivity contribution in [2.24, 2.45) is 4.99 Å². The first-order valence-electron chi connectivity index (χ1n) is 5.96. The van der Waals surface area contributed by atoms with Crippen molar-refractivity contribution in [2.45, 2.75) is 12.7 Å². The molecule has 0 unspecified atom stereocenters. The summed E-state index contributed by atoms with van der Waals surface area (Å²) in [6, 6.07) is 3.88. The van der Waals surface area contributed by atoms with Crippen molar-refractivity contribution in [3.8, 4) is 0 Å². The molecular formula is C12H10ClF3N4. The van der Waals surface area contributed by atoms with Gasteiger partial charge < -0.3 is 5.32 Å². The largest absolute Gasteiger partial charge is 0.418 e. The third kappa shape index (κ3) is 2.22. The second-order valence-electron chi connectivity index (χ2n) is 4.40. The molecule has 20 heavy (non-hydrogen) atoms. The third-order valence-electron chi connectivity index (χ3n) is 3.07. The number of hydrogen-bond acceptors (Lipinski definition) is 3. The normalized spacial score (nSPS) is 15.5. The highest BCUT2D eigenvalue weighted by molar-refractivity contribution is 6.34. The zero-order chi connectivity index (χ0) is 14.3. The Hall–Kier alpha value is -1.76. The van der Waals surface area contributed by atoms with E-state index in [0.29, 0.717) is 24.3 Å². The predicted molar refractivity (Wildman–Crippen MR) is 70.0 cm³/mol. The van der Waals surface area contributed by atoms with Crippen molar-refractivity contribution in [3.63, 3.8) is 0 Å². The first-order valence-corrected chi connectivity index (χ1v) is 6.34. The van der Waals surface area contributed by atoms with Gasteiger partial charge in [-0.05, 0) is 12.1 Å². The molecule has 1 aromatic heterocycles. The number of amidine groups is 1. The molecular weight excluding hydrogens is 293 g/mol. The van der Waals surface area contributed by atoms with Crippen LogP contribution in [0.1, 0.15) is 5.56 Å². The summed E-state index contributed by atoms with van der Waals surface area (Å²) in [6.07, 6.45) is -4.45. The number of alkyl halides is 3. The van der Waals surface area contributed by atoms with Gasteiger partial charge in [-0.25, -0.2) is 0 Å². The third-order valence-corrected chi connectivity index (χ3v) is 3.35. The van der Waals surface area contributed by atoms with Gasteiger partial charge in [0.1, 0.15) is 5.84 Å². The molecule has 4 nitrogen and oxygen atoms in total. The minimum absolute atomic E-state index is 0.0126.